The molecule has 10 aromatic rings. The van der Waals surface area contributed by atoms with E-state index >= 15 is 0 Å². The molecule has 0 saturated heterocycles. The van der Waals surface area contributed by atoms with Gasteiger partial charge in [0.15, 0.2) is 5.82 Å². The number of hydrogen-bond acceptors (Lipinski definition) is 3. The molecule has 1 aliphatic heterocycles. The molecule has 0 atom stereocenters. The van der Waals surface area contributed by atoms with Crippen LogP contribution >= 0.6 is 11.3 Å². The van der Waals surface area contributed by atoms with Crippen molar-refractivity contribution in [1.29, 1.82) is 0 Å². The second-order valence-electron chi connectivity index (χ2n) is 13.0. The fourth-order valence-corrected chi connectivity index (χ4v) is 9.00. The molecule has 228 valence electrons. The number of hydrogen-bond donors (Lipinski definition) is 0. The summed E-state index contributed by atoms with van der Waals surface area (Å²) in [4.78, 5) is 10.9. The van der Waals surface area contributed by atoms with Crippen molar-refractivity contribution in [3.63, 3.8) is 0 Å². The highest BCUT2D eigenvalue weighted by molar-refractivity contribution is 7.25. The minimum atomic E-state index is 0.718. The van der Waals surface area contributed by atoms with E-state index in [1.54, 1.807) is 0 Å². The third-order valence-electron chi connectivity index (χ3n) is 10.2. The lowest BCUT2D eigenvalue weighted by atomic mass is 9.93. The molecule has 0 saturated carbocycles. The van der Waals surface area contributed by atoms with Crippen molar-refractivity contribution in [2.24, 2.45) is 0 Å². The van der Waals surface area contributed by atoms with Crippen LogP contribution in [0.4, 0.5) is 0 Å². The Morgan fingerprint density at radius 3 is 2.02 bits per heavy atom. The van der Waals surface area contributed by atoms with Crippen LogP contribution in [0.1, 0.15) is 11.1 Å². The summed E-state index contributed by atoms with van der Waals surface area (Å²) in [6.45, 7) is 0. The highest BCUT2D eigenvalue weighted by atomic mass is 32.1. The standard InChI is InChI=1S/C45H27N3S/c1-3-11-28(12-4-1)43-37-21-27-19-20-32-34-23-30-15-7-8-16-31(30)24-39(34)48(38(32)22-27)40-26-42-35(33-17-9-10-18-41(33)49-42)25-36(40)44(37)47-45(46-43)29-13-5-2-6-14-29/h1-20,22-26H,21H2. The van der Waals surface area contributed by atoms with Gasteiger partial charge in [0.2, 0.25) is 0 Å². The van der Waals surface area contributed by atoms with Crippen LogP contribution in [0.2, 0.25) is 0 Å². The number of thiophene rings is 1. The van der Waals surface area contributed by atoms with Gasteiger partial charge in [0.05, 0.1) is 28.1 Å². The SMILES string of the molecule is c1ccc(-c2nc(-c3ccccc3)c3c(n2)-c2cc4c(cc2-n2c5cc(ccc5c5cc6ccccc6cc52)C3)sc2ccccc24)cc1. The highest BCUT2D eigenvalue weighted by Crippen LogP contribution is 2.46. The molecule has 0 spiro atoms. The zero-order valence-corrected chi connectivity index (χ0v) is 27.2. The van der Waals surface area contributed by atoms with Gasteiger partial charge in [0.25, 0.3) is 0 Å². The first-order valence-electron chi connectivity index (χ1n) is 16.7. The molecule has 0 N–H and O–H groups in total. The van der Waals surface area contributed by atoms with E-state index in [9.17, 15) is 0 Å². The molecule has 3 nitrogen and oxygen atoms in total. The van der Waals surface area contributed by atoms with Gasteiger partial charge in [-0.15, -0.1) is 11.3 Å². The van der Waals surface area contributed by atoms with E-state index in [1.807, 2.05) is 17.4 Å². The minimum absolute atomic E-state index is 0.718. The van der Waals surface area contributed by atoms with Crippen LogP contribution < -0.4 is 0 Å². The van der Waals surface area contributed by atoms with Gasteiger partial charge in [-0.25, -0.2) is 9.97 Å². The summed E-state index contributed by atoms with van der Waals surface area (Å²) in [5, 5.41) is 7.55. The molecular weight excluding hydrogens is 615 g/mol. The van der Waals surface area contributed by atoms with Crippen LogP contribution in [0.15, 0.2) is 152 Å². The Morgan fingerprint density at radius 2 is 1.18 bits per heavy atom. The molecule has 49 heavy (non-hydrogen) atoms. The molecule has 4 heterocycles. The van der Waals surface area contributed by atoms with E-state index in [0.29, 0.717) is 0 Å². The van der Waals surface area contributed by atoms with E-state index < -0.39 is 0 Å². The van der Waals surface area contributed by atoms with E-state index in [0.717, 1.165) is 51.6 Å². The van der Waals surface area contributed by atoms with Crippen LogP contribution in [-0.4, -0.2) is 14.5 Å². The van der Waals surface area contributed by atoms with Crippen molar-refractivity contribution in [2.45, 2.75) is 6.42 Å². The Labute approximate surface area is 286 Å². The molecular formula is C45H27N3S. The van der Waals surface area contributed by atoms with Crippen LogP contribution in [0.5, 0.6) is 0 Å². The lowest BCUT2D eigenvalue weighted by Gasteiger charge is -2.19. The lowest BCUT2D eigenvalue weighted by molar-refractivity contribution is 1.09. The molecule has 4 heteroatoms. The smallest absolute Gasteiger partial charge is 0.160 e. The number of nitrogens with zero attached hydrogens (tertiary/aromatic N) is 3. The van der Waals surface area contributed by atoms with Crippen molar-refractivity contribution in [3.8, 4) is 39.6 Å². The predicted molar refractivity (Wildman–Crippen MR) is 206 cm³/mol. The maximum absolute atomic E-state index is 5.53. The largest absolute Gasteiger partial charge is 0.308 e. The molecule has 0 radical (unpaired) electrons. The molecule has 0 fully saturated rings. The zero-order chi connectivity index (χ0) is 32.1. The zero-order valence-electron chi connectivity index (χ0n) is 26.4. The molecule has 2 bridgehead atoms. The number of fused-ring (bicyclic) bond motifs is 12. The average Bonchev–Trinajstić information content (AvgIpc) is 3.68. The van der Waals surface area contributed by atoms with Crippen LogP contribution in [0, 0.1) is 0 Å². The molecule has 7 aromatic carbocycles. The maximum atomic E-state index is 5.53. The number of rotatable bonds is 2. The number of benzene rings is 7. The Morgan fingerprint density at radius 1 is 0.490 bits per heavy atom. The summed E-state index contributed by atoms with van der Waals surface area (Å²) in [5.74, 6) is 0.735. The second-order valence-corrected chi connectivity index (χ2v) is 14.1. The first kappa shape index (κ1) is 26.9. The molecule has 0 aliphatic carbocycles. The van der Waals surface area contributed by atoms with Gasteiger partial charge in [-0.05, 0) is 52.7 Å². The van der Waals surface area contributed by atoms with Gasteiger partial charge in [0, 0.05) is 59.6 Å². The Bertz CT molecular complexity index is 2950. The minimum Gasteiger partial charge on any atom is -0.308 e. The van der Waals surface area contributed by atoms with Crippen molar-refractivity contribution >= 4 is 64.1 Å². The van der Waals surface area contributed by atoms with Crippen molar-refractivity contribution in [1.82, 2.24) is 14.5 Å². The van der Waals surface area contributed by atoms with Gasteiger partial charge < -0.3 is 4.57 Å². The topological polar surface area (TPSA) is 30.7 Å². The predicted octanol–water partition coefficient (Wildman–Crippen LogP) is 12.0. The third-order valence-corrected chi connectivity index (χ3v) is 11.3. The summed E-state index contributed by atoms with van der Waals surface area (Å²) in [7, 11) is 0. The Kier molecular flexibility index (Phi) is 5.60. The summed E-state index contributed by atoms with van der Waals surface area (Å²) in [5.41, 5.74) is 11.1. The molecule has 1 aliphatic rings. The quantitative estimate of drug-likeness (QED) is 0.188. The summed E-state index contributed by atoms with van der Waals surface area (Å²) < 4.78 is 5.07. The Hall–Kier alpha value is -6.10. The van der Waals surface area contributed by atoms with Crippen molar-refractivity contribution in [3.05, 3.63) is 163 Å². The normalized spacial score (nSPS) is 12.4. The van der Waals surface area contributed by atoms with Crippen LogP contribution in [-0.2, 0) is 6.42 Å². The fraction of sp³-hybridized carbons (Fsp3) is 0.0222. The molecule has 3 aromatic heterocycles. The van der Waals surface area contributed by atoms with Crippen LogP contribution in [0.25, 0.3) is 92.3 Å². The molecule has 11 rings (SSSR count). The fourth-order valence-electron chi connectivity index (χ4n) is 7.88. The summed E-state index contributed by atoms with van der Waals surface area (Å²) in [6.07, 6.45) is 0.718. The monoisotopic (exact) mass is 641 g/mol. The van der Waals surface area contributed by atoms with E-state index in [1.165, 1.54) is 58.3 Å². The van der Waals surface area contributed by atoms with Gasteiger partial charge in [0.1, 0.15) is 0 Å². The molecule has 0 amide bonds. The summed E-state index contributed by atoms with van der Waals surface area (Å²) in [6, 6.07) is 55.1. The van der Waals surface area contributed by atoms with E-state index in [-0.39, 0.29) is 0 Å². The van der Waals surface area contributed by atoms with E-state index in [4.69, 9.17) is 9.97 Å². The van der Waals surface area contributed by atoms with Crippen molar-refractivity contribution < 1.29 is 0 Å². The highest BCUT2D eigenvalue weighted by Gasteiger charge is 2.26. The maximum Gasteiger partial charge on any atom is 0.160 e. The molecule has 0 unspecified atom stereocenters. The van der Waals surface area contributed by atoms with Crippen LogP contribution in [0.3, 0.4) is 0 Å². The lowest BCUT2D eigenvalue weighted by Crippen LogP contribution is -2.05. The van der Waals surface area contributed by atoms with Gasteiger partial charge >= 0.3 is 0 Å². The van der Waals surface area contributed by atoms with E-state index in [2.05, 4.69) is 150 Å². The van der Waals surface area contributed by atoms with Gasteiger partial charge in [-0.1, -0.05) is 115 Å². The van der Waals surface area contributed by atoms with Gasteiger partial charge in [-0.3, -0.25) is 0 Å². The second kappa shape index (κ2) is 10.2. The van der Waals surface area contributed by atoms with Gasteiger partial charge in [-0.2, -0.15) is 0 Å². The summed E-state index contributed by atoms with van der Waals surface area (Å²) >= 11 is 1.86. The Balaban J connectivity index is 1.35. The first-order valence-corrected chi connectivity index (χ1v) is 17.5. The van der Waals surface area contributed by atoms with Crippen molar-refractivity contribution in [2.75, 3.05) is 0 Å². The first-order chi connectivity index (χ1) is 24.3. The number of aromatic nitrogens is 3. The average molecular weight is 642 g/mol. The third kappa shape index (κ3) is 4.01.